The van der Waals surface area contributed by atoms with E-state index < -0.39 is 6.04 Å². The zero-order valence-electron chi connectivity index (χ0n) is 12.0. The maximum atomic E-state index is 12.1. The lowest BCUT2D eigenvalue weighted by Gasteiger charge is -2.18. The summed E-state index contributed by atoms with van der Waals surface area (Å²) >= 11 is 1.65. The average Bonchev–Trinajstić information content (AvgIpc) is 3.17. The molecule has 112 valence electrons. The van der Waals surface area contributed by atoms with Crippen LogP contribution in [0, 0.1) is 0 Å². The number of fused-ring (bicyclic) bond motifs is 1. The summed E-state index contributed by atoms with van der Waals surface area (Å²) in [6.45, 7) is 1.49. The average molecular weight is 305 g/mol. The molecule has 21 heavy (non-hydrogen) atoms. The van der Waals surface area contributed by atoms with Gasteiger partial charge in [0.15, 0.2) is 0 Å². The molecule has 0 bridgehead atoms. The number of methoxy groups -OCH3 is 1. The molecule has 0 saturated carbocycles. The molecule has 1 aliphatic heterocycles. The van der Waals surface area contributed by atoms with E-state index in [0.717, 1.165) is 30.4 Å². The van der Waals surface area contributed by atoms with E-state index in [9.17, 15) is 4.79 Å². The summed E-state index contributed by atoms with van der Waals surface area (Å²) in [6, 6.07) is 7.68. The Labute approximate surface area is 128 Å². The van der Waals surface area contributed by atoms with Crippen LogP contribution in [0.5, 0.6) is 0 Å². The maximum absolute atomic E-state index is 12.1. The minimum Gasteiger partial charge on any atom is -0.468 e. The number of carbonyl (C=O) groups excluding carboxylic acids is 1. The molecular formula is C16H19NO3S. The predicted molar refractivity (Wildman–Crippen MR) is 83.6 cm³/mol. The predicted octanol–water partition coefficient (Wildman–Crippen LogP) is 2.88. The molecule has 2 heterocycles. The first-order chi connectivity index (χ1) is 10.3. The van der Waals surface area contributed by atoms with Gasteiger partial charge in [-0.05, 0) is 35.2 Å². The molecule has 5 heteroatoms. The maximum Gasteiger partial charge on any atom is 0.327 e. The van der Waals surface area contributed by atoms with E-state index in [1.54, 1.807) is 11.3 Å². The number of carbonyl (C=O) groups is 1. The molecule has 4 nitrogen and oxygen atoms in total. The Morgan fingerprint density at radius 2 is 2.38 bits per heavy atom. The number of benzene rings is 1. The first-order valence-corrected chi connectivity index (χ1v) is 8.06. The number of hydrogen-bond acceptors (Lipinski definition) is 5. The molecule has 1 saturated heterocycles. The van der Waals surface area contributed by atoms with E-state index >= 15 is 0 Å². The Kier molecular flexibility index (Phi) is 4.53. The van der Waals surface area contributed by atoms with E-state index in [-0.39, 0.29) is 12.1 Å². The summed E-state index contributed by atoms with van der Waals surface area (Å²) in [7, 11) is 1.43. The first kappa shape index (κ1) is 14.5. The summed E-state index contributed by atoms with van der Waals surface area (Å²) in [5.41, 5.74) is 0.987. The number of nitrogens with one attached hydrogen (secondary N) is 1. The van der Waals surface area contributed by atoms with Gasteiger partial charge in [-0.25, -0.2) is 4.79 Å². The molecule has 3 rings (SSSR count). The van der Waals surface area contributed by atoms with Crippen molar-refractivity contribution >= 4 is 27.4 Å². The second-order valence-electron chi connectivity index (χ2n) is 5.19. The van der Waals surface area contributed by atoms with Gasteiger partial charge < -0.3 is 9.47 Å². The number of esters is 1. The van der Waals surface area contributed by atoms with E-state index in [0.29, 0.717) is 6.54 Å². The normalized spacial score (nSPS) is 19.8. The van der Waals surface area contributed by atoms with Crippen LogP contribution >= 0.6 is 11.3 Å². The van der Waals surface area contributed by atoms with Crippen LogP contribution in [0.4, 0.5) is 0 Å². The van der Waals surface area contributed by atoms with Crippen LogP contribution in [-0.2, 0) is 14.3 Å². The lowest BCUT2D eigenvalue weighted by molar-refractivity contribution is -0.143. The Morgan fingerprint density at radius 1 is 1.52 bits per heavy atom. The fraction of sp³-hybridized carbons (Fsp3) is 0.438. The quantitative estimate of drug-likeness (QED) is 0.863. The van der Waals surface area contributed by atoms with E-state index in [1.807, 2.05) is 23.6 Å². The summed E-state index contributed by atoms with van der Waals surface area (Å²) < 4.78 is 11.8. The van der Waals surface area contributed by atoms with Crippen LogP contribution in [-0.4, -0.2) is 32.3 Å². The SMILES string of the molecule is COC(=O)C(NCC1CCCO1)c1csc2ccccc12. The highest BCUT2D eigenvalue weighted by atomic mass is 32.1. The van der Waals surface area contributed by atoms with Gasteiger partial charge in [-0.2, -0.15) is 0 Å². The first-order valence-electron chi connectivity index (χ1n) is 7.18. The minimum atomic E-state index is -0.435. The van der Waals surface area contributed by atoms with E-state index in [2.05, 4.69) is 11.4 Å². The number of rotatable bonds is 5. The molecule has 0 spiro atoms. The van der Waals surface area contributed by atoms with Gasteiger partial charge in [-0.3, -0.25) is 5.32 Å². The Bertz CT molecular complexity index is 619. The summed E-state index contributed by atoms with van der Waals surface area (Å²) in [5, 5.41) is 6.46. The van der Waals surface area contributed by atoms with Gasteiger partial charge in [0.1, 0.15) is 6.04 Å². The summed E-state index contributed by atoms with van der Waals surface area (Å²) in [4.78, 5) is 12.1. The van der Waals surface area contributed by atoms with Crippen LogP contribution in [0.3, 0.4) is 0 Å². The zero-order valence-corrected chi connectivity index (χ0v) is 12.8. The van der Waals surface area contributed by atoms with Crippen molar-refractivity contribution in [3.63, 3.8) is 0 Å². The third-order valence-corrected chi connectivity index (χ3v) is 4.81. The van der Waals surface area contributed by atoms with Crippen LogP contribution < -0.4 is 5.32 Å². The van der Waals surface area contributed by atoms with Gasteiger partial charge >= 0.3 is 5.97 Å². The van der Waals surface area contributed by atoms with Crippen LogP contribution in [0.2, 0.25) is 0 Å². The summed E-state index contributed by atoms with van der Waals surface area (Å²) in [5.74, 6) is -0.253. The highest BCUT2D eigenvalue weighted by Crippen LogP contribution is 2.31. The molecule has 2 unspecified atom stereocenters. The van der Waals surface area contributed by atoms with Gasteiger partial charge in [0.25, 0.3) is 0 Å². The van der Waals surface area contributed by atoms with Crippen molar-refractivity contribution in [1.82, 2.24) is 5.32 Å². The van der Waals surface area contributed by atoms with Crippen LogP contribution in [0.1, 0.15) is 24.4 Å². The third-order valence-electron chi connectivity index (χ3n) is 3.83. The fourth-order valence-electron chi connectivity index (χ4n) is 2.71. The number of thiophene rings is 1. The van der Waals surface area contributed by atoms with Gasteiger partial charge in [0.2, 0.25) is 0 Å². The van der Waals surface area contributed by atoms with Crippen molar-refractivity contribution in [1.29, 1.82) is 0 Å². The van der Waals surface area contributed by atoms with Gasteiger partial charge in [-0.1, -0.05) is 18.2 Å². The van der Waals surface area contributed by atoms with Crippen molar-refractivity contribution in [3.05, 3.63) is 35.2 Å². The van der Waals surface area contributed by atoms with Crippen molar-refractivity contribution in [2.45, 2.75) is 25.0 Å². The van der Waals surface area contributed by atoms with E-state index in [4.69, 9.17) is 9.47 Å². The molecule has 2 atom stereocenters. The Hall–Kier alpha value is -1.43. The molecule has 1 aromatic heterocycles. The zero-order chi connectivity index (χ0) is 14.7. The lowest BCUT2D eigenvalue weighted by atomic mass is 10.1. The molecule has 1 aliphatic rings. The van der Waals surface area contributed by atoms with Crippen molar-refractivity contribution < 1.29 is 14.3 Å². The smallest absolute Gasteiger partial charge is 0.327 e. The van der Waals surface area contributed by atoms with Crippen molar-refractivity contribution in [3.8, 4) is 0 Å². The van der Waals surface area contributed by atoms with Gasteiger partial charge in [0, 0.05) is 17.9 Å². The topological polar surface area (TPSA) is 47.6 Å². The van der Waals surface area contributed by atoms with Gasteiger partial charge in [-0.15, -0.1) is 11.3 Å². The lowest BCUT2D eigenvalue weighted by Crippen LogP contribution is -2.35. The molecular weight excluding hydrogens is 286 g/mol. The van der Waals surface area contributed by atoms with Crippen molar-refractivity contribution in [2.75, 3.05) is 20.3 Å². The number of hydrogen-bond donors (Lipinski definition) is 1. The summed E-state index contributed by atoms with van der Waals surface area (Å²) in [6.07, 6.45) is 2.34. The highest BCUT2D eigenvalue weighted by Gasteiger charge is 2.26. The Morgan fingerprint density at radius 3 is 3.14 bits per heavy atom. The molecule has 1 aromatic carbocycles. The molecule has 0 aliphatic carbocycles. The fourth-order valence-corrected chi connectivity index (χ4v) is 3.70. The molecule has 0 radical (unpaired) electrons. The van der Waals surface area contributed by atoms with Crippen molar-refractivity contribution in [2.24, 2.45) is 0 Å². The second-order valence-corrected chi connectivity index (χ2v) is 6.10. The molecule has 0 amide bonds. The minimum absolute atomic E-state index is 0.196. The van der Waals surface area contributed by atoms with Crippen LogP contribution in [0.15, 0.2) is 29.6 Å². The monoisotopic (exact) mass is 305 g/mol. The highest BCUT2D eigenvalue weighted by molar-refractivity contribution is 7.17. The van der Waals surface area contributed by atoms with Crippen LogP contribution in [0.25, 0.3) is 10.1 Å². The molecule has 2 aromatic rings. The number of ether oxygens (including phenoxy) is 2. The third kappa shape index (κ3) is 3.10. The standard InChI is InChI=1S/C16H19NO3S/c1-19-16(18)15(17-9-11-5-4-8-20-11)13-10-21-14-7-3-2-6-12(13)14/h2-3,6-7,10-11,15,17H,4-5,8-9H2,1H3. The van der Waals surface area contributed by atoms with Gasteiger partial charge in [0.05, 0.1) is 13.2 Å². The second kappa shape index (κ2) is 6.56. The van der Waals surface area contributed by atoms with E-state index in [1.165, 1.54) is 11.8 Å². The molecule has 1 N–H and O–H groups in total. The molecule has 1 fully saturated rings. The Balaban J connectivity index is 1.82. The largest absolute Gasteiger partial charge is 0.468 e.